The molecule has 11 heteroatoms. The minimum atomic E-state index is -1.51. The summed E-state index contributed by atoms with van der Waals surface area (Å²) in [5, 5.41) is 4.27. The van der Waals surface area contributed by atoms with Crippen LogP contribution in [0.4, 0.5) is 10.2 Å². The van der Waals surface area contributed by atoms with E-state index >= 15 is 0 Å². The quantitative estimate of drug-likeness (QED) is 0.308. The van der Waals surface area contributed by atoms with Crippen molar-refractivity contribution in [3.8, 4) is 0 Å². The Morgan fingerprint density at radius 2 is 1.84 bits per heavy atom. The van der Waals surface area contributed by atoms with Crippen LogP contribution in [0.25, 0.3) is 11.1 Å². The predicted molar refractivity (Wildman–Crippen MR) is 147 cm³/mol. The fourth-order valence-electron chi connectivity index (χ4n) is 3.91. The molecule has 190 valence electrons. The summed E-state index contributed by atoms with van der Waals surface area (Å²) >= 11 is 3.50. The Morgan fingerprint density at radius 1 is 1.11 bits per heavy atom. The van der Waals surface area contributed by atoms with Crippen molar-refractivity contribution in [3.05, 3.63) is 88.6 Å². The van der Waals surface area contributed by atoms with Crippen molar-refractivity contribution in [3.63, 3.8) is 0 Å². The smallest absolute Gasteiger partial charge is 0.156 e. The molecule has 4 heterocycles. The van der Waals surface area contributed by atoms with Crippen LogP contribution in [-0.4, -0.2) is 52.3 Å². The summed E-state index contributed by atoms with van der Waals surface area (Å²) < 4.78 is 33.0. The van der Waals surface area contributed by atoms with E-state index in [1.165, 1.54) is 12.1 Å². The van der Waals surface area contributed by atoms with Crippen molar-refractivity contribution in [1.29, 1.82) is 0 Å². The molecule has 1 aliphatic rings. The fourth-order valence-corrected chi connectivity index (χ4v) is 4.97. The normalized spacial score (nSPS) is 15.6. The van der Waals surface area contributed by atoms with Gasteiger partial charge in [-0.2, -0.15) is 9.50 Å². The summed E-state index contributed by atoms with van der Waals surface area (Å²) in [5.41, 5.74) is 3.72. The Bertz CT molecular complexity index is 1530. The van der Waals surface area contributed by atoms with Crippen molar-refractivity contribution < 1.29 is 8.60 Å². The van der Waals surface area contributed by atoms with Crippen LogP contribution in [0.3, 0.4) is 0 Å². The molecular weight excluding hydrogens is 557 g/mol. The van der Waals surface area contributed by atoms with Crippen LogP contribution in [-0.2, 0) is 11.0 Å². The Morgan fingerprint density at radius 3 is 2.49 bits per heavy atom. The molecule has 1 atom stereocenters. The lowest BCUT2D eigenvalue weighted by Crippen LogP contribution is -2.29. The van der Waals surface area contributed by atoms with Gasteiger partial charge in [0.2, 0.25) is 0 Å². The Balaban J connectivity index is 1.40. The molecular formula is C26H25BrFN7OS. The van der Waals surface area contributed by atoms with Crippen molar-refractivity contribution in [2.45, 2.75) is 31.9 Å². The molecule has 0 fully saturated rings. The molecule has 1 aromatic carbocycles. The third-order valence-corrected chi connectivity index (χ3v) is 7.72. The monoisotopic (exact) mass is 581 g/mol. The highest BCUT2D eigenvalue weighted by Gasteiger charge is 2.22. The van der Waals surface area contributed by atoms with Gasteiger partial charge in [-0.15, -0.1) is 0 Å². The SMILES string of the molecule is CC(C)(C)[S@](=O)N=C(c1ccc(F)cc1)c1cnc(C2=CCN(c3ncnn4cc(Br)cc34)CC2)nc1. The van der Waals surface area contributed by atoms with Gasteiger partial charge >= 0.3 is 0 Å². The first-order chi connectivity index (χ1) is 17.7. The molecule has 0 bridgehead atoms. The third kappa shape index (κ3) is 5.52. The summed E-state index contributed by atoms with van der Waals surface area (Å²) in [6.07, 6.45) is 9.70. The first-order valence-electron chi connectivity index (χ1n) is 11.7. The van der Waals surface area contributed by atoms with Crippen LogP contribution in [0, 0.1) is 5.82 Å². The second-order valence-electron chi connectivity index (χ2n) is 9.60. The van der Waals surface area contributed by atoms with Gasteiger partial charge < -0.3 is 4.90 Å². The molecule has 8 nitrogen and oxygen atoms in total. The second-order valence-corrected chi connectivity index (χ2v) is 12.4. The third-order valence-electron chi connectivity index (χ3n) is 5.89. The van der Waals surface area contributed by atoms with Gasteiger partial charge in [0.25, 0.3) is 0 Å². The largest absolute Gasteiger partial charge is 0.351 e. The molecule has 0 amide bonds. The van der Waals surface area contributed by atoms with E-state index in [-0.39, 0.29) is 5.82 Å². The van der Waals surface area contributed by atoms with Crippen molar-refractivity contribution in [2.24, 2.45) is 4.40 Å². The van der Waals surface area contributed by atoms with Crippen molar-refractivity contribution >= 4 is 49.5 Å². The summed E-state index contributed by atoms with van der Waals surface area (Å²) in [6, 6.07) is 7.96. The van der Waals surface area contributed by atoms with E-state index in [0.717, 1.165) is 34.3 Å². The van der Waals surface area contributed by atoms with E-state index in [0.29, 0.717) is 29.2 Å². The minimum Gasteiger partial charge on any atom is -0.351 e. The highest BCUT2D eigenvalue weighted by atomic mass is 79.9. The number of aromatic nitrogens is 5. The lowest BCUT2D eigenvalue weighted by atomic mass is 10.0. The van der Waals surface area contributed by atoms with Crippen LogP contribution in [0.2, 0.25) is 0 Å². The zero-order valence-electron chi connectivity index (χ0n) is 20.6. The summed E-state index contributed by atoms with van der Waals surface area (Å²) in [4.78, 5) is 15.9. The number of fused-ring (bicyclic) bond motifs is 1. The highest BCUT2D eigenvalue weighted by Crippen LogP contribution is 2.27. The molecule has 5 rings (SSSR count). The number of benzene rings is 1. The first kappa shape index (κ1) is 25.3. The first-order valence-corrected chi connectivity index (χ1v) is 13.6. The van der Waals surface area contributed by atoms with Gasteiger partial charge in [0.1, 0.15) is 28.6 Å². The molecule has 0 N–H and O–H groups in total. The van der Waals surface area contributed by atoms with E-state index in [1.54, 1.807) is 35.4 Å². The van der Waals surface area contributed by atoms with Crippen LogP contribution in [0.15, 0.2) is 70.2 Å². The predicted octanol–water partition coefficient (Wildman–Crippen LogP) is 5.01. The molecule has 37 heavy (non-hydrogen) atoms. The zero-order chi connectivity index (χ0) is 26.2. The highest BCUT2D eigenvalue weighted by molar-refractivity contribution is 9.10. The van der Waals surface area contributed by atoms with Gasteiger partial charge in [-0.05, 0) is 79.0 Å². The molecule has 0 spiro atoms. The van der Waals surface area contributed by atoms with Gasteiger partial charge in [-0.1, -0.05) is 6.08 Å². The van der Waals surface area contributed by atoms with Crippen LogP contribution >= 0.6 is 15.9 Å². The van der Waals surface area contributed by atoms with Crippen LogP contribution < -0.4 is 4.90 Å². The number of hydrogen-bond acceptors (Lipinski definition) is 6. The Hall–Kier alpha value is -3.31. The van der Waals surface area contributed by atoms with Gasteiger partial charge in [0.15, 0.2) is 11.6 Å². The van der Waals surface area contributed by atoms with Crippen molar-refractivity contribution in [1.82, 2.24) is 24.6 Å². The number of hydrogen-bond donors (Lipinski definition) is 0. The fraction of sp³-hybridized carbons (Fsp3) is 0.269. The summed E-state index contributed by atoms with van der Waals surface area (Å²) in [5.74, 6) is 1.16. The number of rotatable bonds is 5. The lowest BCUT2D eigenvalue weighted by molar-refractivity contribution is 0.628. The molecule has 0 unspecified atom stereocenters. The van der Waals surface area contributed by atoms with E-state index in [1.807, 2.05) is 33.0 Å². The standard InChI is InChI=1S/C26H25BrFN7OS/c1-26(2,3)37(36)33-23(17-4-6-21(28)7-5-17)19-13-29-24(30-14-19)18-8-10-34(11-9-18)25-22-12-20(27)15-35(22)32-16-31-25/h4-8,12-16H,9-11H2,1-3H3/t37-/m0/s1. The number of anilines is 1. The molecule has 0 aliphatic carbocycles. The van der Waals surface area contributed by atoms with E-state index in [2.05, 4.69) is 51.4 Å². The van der Waals surface area contributed by atoms with E-state index in [4.69, 9.17) is 0 Å². The summed E-state index contributed by atoms with van der Waals surface area (Å²) in [7, 11) is -1.51. The van der Waals surface area contributed by atoms with Crippen LogP contribution in [0.1, 0.15) is 44.1 Å². The maximum Gasteiger partial charge on any atom is 0.156 e. The second kappa shape index (κ2) is 10.2. The van der Waals surface area contributed by atoms with E-state index < -0.39 is 15.7 Å². The molecule has 1 aliphatic heterocycles. The van der Waals surface area contributed by atoms with Gasteiger partial charge in [-0.3, -0.25) is 0 Å². The number of halogens is 2. The zero-order valence-corrected chi connectivity index (χ0v) is 23.0. The molecule has 4 aromatic rings. The maximum atomic E-state index is 13.5. The molecule has 3 aromatic heterocycles. The number of nitrogens with zero attached hydrogens (tertiary/aromatic N) is 7. The Labute approximate surface area is 225 Å². The van der Waals surface area contributed by atoms with Gasteiger partial charge in [-0.25, -0.2) is 28.1 Å². The van der Waals surface area contributed by atoms with Gasteiger partial charge in [0, 0.05) is 47.3 Å². The molecule has 0 saturated carbocycles. The minimum absolute atomic E-state index is 0.350. The van der Waals surface area contributed by atoms with Gasteiger partial charge in [0.05, 0.1) is 10.5 Å². The molecule has 0 radical (unpaired) electrons. The average Bonchev–Trinajstić information content (AvgIpc) is 3.28. The van der Waals surface area contributed by atoms with Crippen LogP contribution in [0.5, 0.6) is 0 Å². The maximum absolute atomic E-state index is 13.5. The topological polar surface area (TPSA) is 88.6 Å². The summed E-state index contributed by atoms with van der Waals surface area (Å²) in [6.45, 7) is 7.00. The molecule has 0 saturated heterocycles. The Kier molecular flexibility index (Phi) is 7.00. The van der Waals surface area contributed by atoms with Crippen molar-refractivity contribution in [2.75, 3.05) is 18.0 Å². The lowest BCUT2D eigenvalue weighted by Gasteiger charge is -2.27. The van der Waals surface area contributed by atoms with E-state index in [9.17, 15) is 8.60 Å². The average molecular weight is 583 g/mol.